The largest absolute Gasteiger partial charge is 0.505 e. The highest BCUT2D eigenvalue weighted by molar-refractivity contribution is 9.10. The van der Waals surface area contributed by atoms with E-state index in [0.29, 0.717) is 15.7 Å². The minimum atomic E-state index is -0.501. The molecule has 1 aliphatic heterocycles. The second kappa shape index (κ2) is 6.06. The summed E-state index contributed by atoms with van der Waals surface area (Å²) in [5.74, 6) is -1.05. The molecule has 1 saturated heterocycles. The maximum absolute atomic E-state index is 12.4. The number of amides is 2. The Morgan fingerprint density at radius 3 is 2.52 bits per heavy atom. The minimum absolute atomic E-state index is 0.0116. The lowest BCUT2D eigenvalue weighted by Crippen LogP contribution is -2.35. The number of benzene rings is 2. The molecule has 0 unspecified atom stereocenters. The van der Waals surface area contributed by atoms with Gasteiger partial charge in [0.25, 0.3) is 11.8 Å². The summed E-state index contributed by atoms with van der Waals surface area (Å²) in [6, 6.07) is 11.8. The fraction of sp³-hybridized carbons (Fsp3) is 0. The Balaban J connectivity index is 1.97. The third-order valence-corrected chi connectivity index (χ3v) is 4.15. The Hall–Kier alpha value is -2.31. The Morgan fingerprint density at radius 2 is 1.87 bits per heavy atom. The zero-order chi connectivity index (χ0) is 16.6. The highest BCUT2D eigenvalue weighted by atomic mass is 79.9. The van der Waals surface area contributed by atoms with E-state index in [1.165, 1.54) is 17.2 Å². The van der Waals surface area contributed by atoms with Crippen molar-refractivity contribution in [3.05, 3.63) is 63.1 Å². The van der Waals surface area contributed by atoms with Crippen LogP contribution >= 0.6 is 27.5 Å². The lowest BCUT2D eigenvalue weighted by atomic mass is 10.1. The molecule has 116 valence electrons. The summed E-state index contributed by atoms with van der Waals surface area (Å²) in [5, 5.41) is 10.9. The van der Waals surface area contributed by atoms with Gasteiger partial charge in [-0.05, 0) is 51.8 Å². The number of halogens is 2. The van der Waals surface area contributed by atoms with Crippen molar-refractivity contribution in [2.24, 2.45) is 0 Å². The molecule has 2 amide bonds. The van der Waals surface area contributed by atoms with Gasteiger partial charge in [-0.15, -0.1) is 0 Å². The monoisotopic (exact) mass is 392 g/mol. The van der Waals surface area contributed by atoms with Gasteiger partial charge in [-0.1, -0.05) is 29.8 Å². The summed E-state index contributed by atoms with van der Waals surface area (Å²) in [6.07, 6.45) is 1.43. The van der Waals surface area contributed by atoms with Crippen LogP contribution in [0.1, 0.15) is 5.56 Å². The number of aromatic hydroxyl groups is 1. The fourth-order valence-corrected chi connectivity index (χ4v) is 2.97. The molecule has 5 nitrogen and oxygen atoms in total. The molecule has 1 fully saturated rings. The highest BCUT2D eigenvalue weighted by Crippen LogP contribution is 2.34. The number of rotatable bonds is 2. The number of carbonyl (C=O) groups is 2. The van der Waals surface area contributed by atoms with E-state index in [4.69, 9.17) is 11.6 Å². The van der Waals surface area contributed by atoms with Crippen LogP contribution in [-0.2, 0) is 9.59 Å². The number of para-hydroxylation sites is 1. The second-order valence-electron chi connectivity index (χ2n) is 4.81. The van der Waals surface area contributed by atoms with E-state index in [-0.39, 0.29) is 16.3 Å². The summed E-state index contributed by atoms with van der Waals surface area (Å²) in [4.78, 5) is 24.5. The third kappa shape index (κ3) is 2.95. The molecule has 0 radical (unpaired) electrons. The SMILES string of the molecule is O=C1NN(c2ccccc2)C(=O)/C1=C\c1cc(Cl)c(O)c(Br)c1. The Bertz CT molecular complexity index is 813. The van der Waals surface area contributed by atoms with E-state index >= 15 is 0 Å². The van der Waals surface area contributed by atoms with E-state index in [0.717, 1.165) is 0 Å². The molecular weight excluding hydrogens is 384 g/mol. The molecule has 1 heterocycles. The van der Waals surface area contributed by atoms with Gasteiger partial charge in [0.15, 0.2) is 0 Å². The van der Waals surface area contributed by atoms with Crippen LogP contribution in [0.2, 0.25) is 5.02 Å². The van der Waals surface area contributed by atoms with E-state index in [2.05, 4.69) is 21.4 Å². The van der Waals surface area contributed by atoms with Crippen molar-refractivity contribution < 1.29 is 14.7 Å². The lowest BCUT2D eigenvalue weighted by molar-refractivity contribution is -0.117. The number of anilines is 1. The second-order valence-corrected chi connectivity index (χ2v) is 6.07. The molecule has 0 spiro atoms. The molecule has 2 aromatic rings. The molecule has 0 aliphatic carbocycles. The zero-order valence-electron chi connectivity index (χ0n) is 11.6. The van der Waals surface area contributed by atoms with Crippen LogP contribution in [0.25, 0.3) is 6.08 Å². The van der Waals surface area contributed by atoms with Crippen molar-refractivity contribution in [2.75, 3.05) is 5.01 Å². The summed E-state index contributed by atoms with van der Waals surface area (Å²) in [7, 11) is 0. The first-order valence-corrected chi connectivity index (χ1v) is 7.74. The summed E-state index contributed by atoms with van der Waals surface area (Å²) in [6.45, 7) is 0. The number of hydrazine groups is 1. The third-order valence-electron chi connectivity index (χ3n) is 3.26. The fourth-order valence-electron chi connectivity index (χ4n) is 2.15. The quantitative estimate of drug-likeness (QED) is 0.608. The predicted octanol–water partition coefficient (Wildman–Crippen LogP) is 3.27. The number of nitrogens with one attached hydrogen (secondary N) is 1. The van der Waals surface area contributed by atoms with Gasteiger partial charge in [-0.3, -0.25) is 15.0 Å². The topological polar surface area (TPSA) is 69.6 Å². The molecule has 0 aromatic heterocycles. The molecule has 3 rings (SSSR count). The Labute approximate surface area is 145 Å². The average molecular weight is 394 g/mol. The van der Waals surface area contributed by atoms with Gasteiger partial charge in [-0.25, -0.2) is 5.01 Å². The summed E-state index contributed by atoms with van der Waals surface area (Å²) >= 11 is 9.06. The van der Waals surface area contributed by atoms with E-state index in [1.54, 1.807) is 30.3 Å². The smallest absolute Gasteiger partial charge is 0.282 e. The first-order chi connectivity index (χ1) is 11.0. The van der Waals surface area contributed by atoms with Crippen molar-refractivity contribution in [2.45, 2.75) is 0 Å². The number of hydrogen-bond donors (Lipinski definition) is 2. The van der Waals surface area contributed by atoms with Crippen LogP contribution in [0.4, 0.5) is 5.69 Å². The van der Waals surface area contributed by atoms with Crippen LogP contribution in [-0.4, -0.2) is 16.9 Å². The van der Waals surface area contributed by atoms with Crippen LogP contribution in [0.3, 0.4) is 0 Å². The molecule has 7 heteroatoms. The van der Waals surface area contributed by atoms with Gasteiger partial charge in [0.2, 0.25) is 0 Å². The van der Waals surface area contributed by atoms with Crippen molar-refractivity contribution in [1.82, 2.24) is 5.43 Å². The molecule has 1 aliphatic rings. The van der Waals surface area contributed by atoms with Crippen molar-refractivity contribution >= 4 is 51.1 Å². The first kappa shape index (κ1) is 15.6. The van der Waals surface area contributed by atoms with Crippen LogP contribution < -0.4 is 10.4 Å². The van der Waals surface area contributed by atoms with Crippen molar-refractivity contribution in [3.8, 4) is 5.75 Å². The number of hydrogen-bond acceptors (Lipinski definition) is 3. The van der Waals surface area contributed by atoms with Gasteiger partial charge in [0.05, 0.1) is 15.2 Å². The average Bonchev–Trinajstić information content (AvgIpc) is 2.81. The zero-order valence-corrected chi connectivity index (χ0v) is 13.9. The van der Waals surface area contributed by atoms with Crippen LogP contribution in [0.15, 0.2) is 52.5 Å². The molecule has 23 heavy (non-hydrogen) atoms. The Kier molecular flexibility index (Phi) is 4.11. The first-order valence-electron chi connectivity index (χ1n) is 6.57. The maximum atomic E-state index is 12.4. The van der Waals surface area contributed by atoms with Gasteiger partial charge >= 0.3 is 0 Å². The molecule has 0 bridgehead atoms. The standard InChI is InChI=1S/C16H10BrClN2O3/c17-12-7-9(8-13(18)14(12)21)6-11-15(22)19-20(16(11)23)10-4-2-1-3-5-10/h1-8,21H,(H,19,22)/b11-6-. The maximum Gasteiger partial charge on any atom is 0.282 e. The van der Waals surface area contributed by atoms with Gasteiger partial charge in [0, 0.05) is 0 Å². The van der Waals surface area contributed by atoms with Crippen molar-refractivity contribution in [1.29, 1.82) is 0 Å². The Morgan fingerprint density at radius 1 is 1.17 bits per heavy atom. The predicted molar refractivity (Wildman–Crippen MR) is 90.9 cm³/mol. The molecule has 2 aromatic carbocycles. The molecular formula is C16H10BrClN2O3. The van der Waals surface area contributed by atoms with Gasteiger partial charge in [-0.2, -0.15) is 0 Å². The summed E-state index contributed by atoms with van der Waals surface area (Å²) in [5.41, 5.74) is 3.59. The number of phenols is 1. The number of carbonyl (C=O) groups excluding carboxylic acids is 2. The number of phenolic OH excluding ortho intramolecular Hbond substituents is 1. The van der Waals surface area contributed by atoms with Crippen LogP contribution in [0.5, 0.6) is 5.75 Å². The molecule has 2 N–H and O–H groups in total. The van der Waals surface area contributed by atoms with Gasteiger partial charge < -0.3 is 5.11 Å². The van der Waals surface area contributed by atoms with Crippen LogP contribution in [0, 0.1) is 0 Å². The normalized spacial score (nSPS) is 16.1. The van der Waals surface area contributed by atoms with Crippen molar-refractivity contribution in [3.63, 3.8) is 0 Å². The highest BCUT2D eigenvalue weighted by Gasteiger charge is 2.34. The lowest BCUT2D eigenvalue weighted by Gasteiger charge is -2.13. The molecule has 0 atom stereocenters. The number of nitrogens with zero attached hydrogens (tertiary/aromatic N) is 1. The van der Waals surface area contributed by atoms with E-state index < -0.39 is 11.8 Å². The minimum Gasteiger partial charge on any atom is -0.505 e. The summed E-state index contributed by atoms with van der Waals surface area (Å²) < 4.78 is 0.377. The van der Waals surface area contributed by atoms with E-state index in [9.17, 15) is 14.7 Å². The molecule has 0 saturated carbocycles. The van der Waals surface area contributed by atoms with Gasteiger partial charge in [0.1, 0.15) is 11.3 Å². The van der Waals surface area contributed by atoms with E-state index in [1.807, 2.05) is 6.07 Å².